The molecule has 0 aliphatic rings. The van der Waals surface area contributed by atoms with Gasteiger partial charge in [-0.05, 0) is 49.6 Å². The Morgan fingerprint density at radius 3 is 2.75 bits per heavy atom. The van der Waals surface area contributed by atoms with E-state index in [9.17, 15) is 0 Å². The summed E-state index contributed by atoms with van der Waals surface area (Å²) in [7, 11) is 0. The summed E-state index contributed by atoms with van der Waals surface area (Å²) in [5, 5.41) is 8.70. The van der Waals surface area contributed by atoms with Crippen LogP contribution < -0.4 is 5.32 Å². The van der Waals surface area contributed by atoms with Crippen LogP contribution in [-0.2, 0) is 13.0 Å². The van der Waals surface area contributed by atoms with Gasteiger partial charge in [0, 0.05) is 23.8 Å². The van der Waals surface area contributed by atoms with Gasteiger partial charge in [0.15, 0.2) is 0 Å². The summed E-state index contributed by atoms with van der Waals surface area (Å²) in [6.45, 7) is 8.12. The summed E-state index contributed by atoms with van der Waals surface area (Å²) in [6, 6.07) is 6.55. The Labute approximate surface area is 126 Å². The first-order valence-electron chi connectivity index (χ1n) is 7.14. The lowest BCUT2D eigenvalue weighted by atomic mass is 9.99. The first-order valence-corrected chi connectivity index (χ1v) is 7.52. The molecule has 1 aromatic carbocycles. The van der Waals surface area contributed by atoms with Crippen molar-refractivity contribution in [2.75, 3.05) is 6.54 Å². The quantitative estimate of drug-likeness (QED) is 0.878. The fraction of sp³-hybridized carbons (Fsp3) is 0.438. The van der Waals surface area contributed by atoms with Gasteiger partial charge in [0.05, 0.1) is 6.20 Å². The average Bonchev–Trinajstić information content (AvgIpc) is 2.89. The Morgan fingerprint density at radius 2 is 2.15 bits per heavy atom. The van der Waals surface area contributed by atoms with Gasteiger partial charge in [-0.15, -0.1) is 0 Å². The Hall–Kier alpha value is -1.32. The molecule has 0 aliphatic heterocycles. The zero-order valence-electron chi connectivity index (χ0n) is 12.4. The second kappa shape index (κ2) is 6.91. The van der Waals surface area contributed by atoms with E-state index < -0.39 is 0 Å². The van der Waals surface area contributed by atoms with Gasteiger partial charge in [-0.2, -0.15) is 5.10 Å². The van der Waals surface area contributed by atoms with E-state index in [4.69, 9.17) is 11.6 Å². The SMILES string of the molecule is CCNC(Cc1cnn(CC)c1)c1ccc(Cl)c(C)c1. The van der Waals surface area contributed by atoms with Crippen LogP contribution in [0.2, 0.25) is 5.02 Å². The maximum atomic E-state index is 6.11. The predicted molar refractivity (Wildman–Crippen MR) is 84.2 cm³/mol. The third-order valence-corrected chi connectivity index (χ3v) is 3.91. The lowest BCUT2D eigenvalue weighted by Gasteiger charge is -2.18. The van der Waals surface area contributed by atoms with E-state index in [0.717, 1.165) is 30.1 Å². The van der Waals surface area contributed by atoms with Crippen LogP contribution in [-0.4, -0.2) is 16.3 Å². The van der Waals surface area contributed by atoms with Gasteiger partial charge in [0.1, 0.15) is 0 Å². The van der Waals surface area contributed by atoms with Crippen molar-refractivity contribution in [1.29, 1.82) is 0 Å². The van der Waals surface area contributed by atoms with Crippen molar-refractivity contribution >= 4 is 11.6 Å². The number of hydrogen-bond acceptors (Lipinski definition) is 2. The summed E-state index contributed by atoms with van der Waals surface area (Å²) >= 11 is 6.11. The van der Waals surface area contributed by atoms with Gasteiger partial charge in [0.25, 0.3) is 0 Å². The number of rotatable bonds is 6. The van der Waals surface area contributed by atoms with Gasteiger partial charge in [-0.1, -0.05) is 30.7 Å². The van der Waals surface area contributed by atoms with Crippen LogP contribution >= 0.6 is 11.6 Å². The predicted octanol–water partition coefficient (Wildman–Crippen LogP) is 3.76. The monoisotopic (exact) mass is 291 g/mol. The van der Waals surface area contributed by atoms with E-state index in [-0.39, 0.29) is 0 Å². The smallest absolute Gasteiger partial charge is 0.0522 e. The summed E-state index contributed by atoms with van der Waals surface area (Å²) in [4.78, 5) is 0. The number of likely N-dealkylation sites (N-methyl/N-ethyl adjacent to an activating group) is 1. The topological polar surface area (TPSA) is 29.9 Å². The van der Waals surface area contributed by atoms with E-state index in [1.54, 1.807) is 0 Å². The van der Waals surface area contributed by atoms with Crippen molar-refractivity contribution in [3.05, 3.63) is 52.3 Å². The molecule has 0 spiro atoms. The fourth-order valence-corrected chi connectivity index (χ4v) is 2.48. The van der Waals surface area contributed by atoms with Crippen LogP contribution in [0.15, 0.2) is 30.6 Å². The lowest BCUT2D eigenvalue weighted by molar-refractivity contribution is 0.549. The molecule has 20 heavy (non-hydrogen) atoms. The van der Waals surface area contributed by atoms with Crippen LogP contribution in [0.3, 0.4) is 0 Å². The highest BCUT2D eigenvalue weighted by atomic mass is 35.5. The molecule has 1 heterocycles. The van der Waals surface area contributed by atoms with E-state index in [0.29, 0.717) is 6.04 Å². The molecule has 0 radical (unpaired) electrons. The molecule has 0 saturated heterocycles. The van der Waals surface area contributed by atoms with Crippen LogP contribution in [0.5, 0.6) is 0 Å². The Bertz CT molecular complexity index is 563. The van der Waals surface area contributed by atoms with Gasteiger partial charge in [-0.3, -0.25) is 4.68 Å². The molecule has 0 fully saturated rings. The normalized spacial score (nSPS) is 12.6. The maximum absolute atomic E-state index is 6.11. The summed E-state index contributed by atoms with van der Waals surface area (Å²) in [5.41, 5.74) is 3.65. The van der Waals surface area contributed by atoms with Gasteiger partial charge in [0.2, 0.25) is 0 Å². The molecule has 4 heteroatoms. The van der Waals surface area contributed by atoms with Crippen LogP contribution in [0.25, 0.3) is 0 Å². The molecule has 2 rings (SSSR count). The number of benzene rings is 1. The Balaban J connectivity index is 2.19. The molecule has 1 unspecified atom stereocenters. The number of hydrogen-bond donors (Lipinski definition) is 1. The highest BCUT2D eigenvalue weighted by Crippen LogP contribution is 2.23. The van der Waals surface area contributed by atoms with Crippen LogP contribution in [0.1, 0.15) is 36.6 Å². The summed E-state index contributed by atoms with van der Waals surface area (Å²) in [5.74, 6) is 0. The van der Waals surface area contributed by atoms with Crippen molar-refractivity contribution in [3.8, 4) is 0 Å². The molecule has 108 valence electrons. The molecule has 0 amide bonds. The third kappa shape index (κ3) is 3.62. The van der Waals surface area contributed by atoms with E-state index >= 15 is 0 Å². The van der Waals surface area contributed by atoms with Crippen molar-refractivity contribution in [1.82, 2.24) is 15.1 Å². The number of halogens is 1. The van der Waals surface area contributed by atoms with Gasteiger partial charge < -0.3 is 5.32 Å². The molecule has 1 N–H and O–H groups in total. The maximum Gasteiger partial charge on any atom is 0.0522 e. The average molecular weight is 292 g/mol. The first-order chi connectivity index (χ1) is 9.63. The molecular formula is C16H22ClN3. The highest BCUT2D eigenvalue weighted by Gasteiger charge is 2.13. The number of aromatic nitrogens is 2. The van der Waals surface area contributed by atoms with Crippen LogP contribution in [0.4, 0.5) is 0 Å². The fourth-order valence-electron chi connectivity index (χ4n) is 2.36. The van der Waals surface area contributed by atoms with Crippen molar-refractivity contribution in [3.63, 3.8) is 0 Å². The molecule has 2 aromatic rings. The zero-order valence-corrected chi connectivity index (χ0v) is 13.1. The second-order valence-electron chi connectivity index (χ2n) is 5.03. The summed E-state index contributed by atoms with van der Waals surface area (Å²) < 4.78 is 1.96. The second-order valence-corrected chi connectivity index (χ2v) is 5.43. The van der Waals surface area contributed by atoms with Gasteiger partial charge in [-0.25, -0.2) is 0 Å². The number of nitrogens with one attached hydrogen (secondary N) is 1. The van der Waals surface area contributed by atoms with E-state index in [2.05, 4.69) is 42.6 Å². The molecule has 0 aliphatic carbocycles. The Kier molecular flexibility index (Phi) is 5.21. The van der Waals surface area contributed by atoms with Crippen molar-refractivity contribution < 1.29 is 0 Å². The lowest BCUT2D eigenvalue weighted by Crippen LogP contribution is -2.22. The Morgan fingerprint density at radius 1 is 1.35 bits per heavy atom. The number of aryl methyl sites for hydroxylation is 2. The molecule has 0 saturated carbocycles. The summed E-state index contributed by atoms with van der Waals surface area (Å²) in [6.07, 6.45) is 5.01. The molecule has 0 bridgehead atoms. The van der Waals surface area contributed by atoms with E-state index in [1.807, 2.05) is 23.9 Å². The van der Waals surface area contributed by atoms with Crippen molar-refractivity contribution in [2.24, 2.45) is 0 Å². The van der Waals surface area contributed by atoms with Crippen LogP contribution in [0, 0.1) is 6.92 Å². The number of nitrogens with zero attached hydrogens (tertiary/aromatic N) is 2. The molecule has 1 aromatic heterocycles. The largest absolute Gasteiger partial charge is 0.310 e. The van der Waals surface area contributed by atoms with Gasteiger partial charge >= 0.3 is 0 Å². The van der Waals surface area contributed by atoms with Crippen molar-refractivity contribution in [2.45, 2.75) is 39.8 Å². The minimum absolute atomic E-state index is 0.297. The molecular weight excluding hydrogens is 270 g/mol. The standard InChI is InChI=1S/C16H22ClN3/c1-4-18-16(9-13-10-19-20(5-2)11-13)14-6-7-15(17)12(3)8-14/h6-8,10-11,16,18H,4-5,9H2,1-3H3. The first kappa shape index (κ1) is 15.1. The minimum atomic E-state index is 0.297. The zero-order chi connectivity index (χ0) is 14.5. The molecule has 3 nitrogen and oxygen atoms in total. The molecule has 1 atom stereocenters. The van der Waals surface area contributed by atoms with E-state index in [1.165, 1.54) is 11.1 Å². The third-order valence-electron chi connectivity index (χ3n) is 3.49. The highest BCUT2D eigenvalue weighted by molar-refractivity contribution is 6.31. The minimum Gasteiger partial charge on any atom is -0.310 e.